The summed E-state index contributed by atoms with van der Waals surface area (Å²) in [6.45, 7) is 2.04. The van der Waals surface area contributed by atoms with Gasteiger partial charge in [-0.05, 0) is 36.8 Å². The predicted molar refractivity (Wildman–Crippen MR) is 102 cm³/mol. The fraction of sp³-hybridized carbons (Fsp3) is 0.0526. The fourth-order valence-electron chi connectivity index (χ4n) is 2.79. The zero-order valence-electron chi connectivity index (χ0n) is 13.3. The van der Waals surface area contributed by atoms with Crippen LogP contribution in [0.25, 0.3) is 21.3 Å². The van der Waals surface area contributed by atoms with Crippen LogP contribution in [0.15, 0.2) is 54.9 Å². The van der Waals surface area contributed by atoms with Gasteiger partial charge >= 0.3 is 0 Å². The first-order valence-electron chi connectivity index (χ1n) is 7.65. The Morgan fingerprint density at radius 3 is 2.56 bits per heavy atom. The summed E-state index contributed by atoms with van der Waals surface area (Å²) >= 11 is 7.60. The first kappa shape index (κ1) is 16.0. The fourth-order valence-corrected chi connectivity index (χ4v) is 3.93. The Morgan fingerprint density at radius 1 is 1.04 bits per heavy atom. The number of nitrogens with one attached hydrogen (secondary N) is 1. The Bertz CT molecular complexity index is 1060. The van der Waals surface area contributed by atoms with E-state index in [0.717, 1.165) is 26.2 Å². The summed E-state index contributed by atoms with van der Waals surface area (Å²) in [7, 11) is 0. The van der Waals surface area contributed by atoms with Crippen LogP contribution in [0.4, 0.5) is 15.9 Å². The number of hydrogen-bond acceptors (Lipinski definition) is 4. The SMILES string of the molecule is Cc1sc2ncnc(Nc3ccccc3F)c2c1-c1ccc(Cl)cc1. The smallest absolute Gasteiger partial charge is 0.146 e. The minimum absolute atomic E-state index is 0.325. The third-order valence-electron chi connectivity index (χ3n) is 3.92. The third-order valence-corrected chi connectivity index (χ3v) is 5.19. The number of fused-ring (bicyclic) bond motifs is 1. The topological polar surface area (TPSA) is 37.8 Å². The van der Waals surface area contributed by atoms with E-state index in [0.29, 0.717) is 16.5 Å². The van der Waals surface area contributed by atoms with E-state index < -0.39 is 0 Å². The number of anilines is 2. The maximum Gasteiger partial charge on any atom is 0.146 e. The number of nitrogens with zero attached hydrogens (tertiary/aromatic N) is 2. The molecule has 0 radical (unpaired) electrons. The van der Waals surface area contributed by atoms with Crippen molar-refractivity contribution in [2.45, 2.75) is 6.92 Å². The van der Waals surface area contributed by atoms with Crippen LogP contribution in [0.5, 0.6) is 0 Å². The van der Waals surface area contributed by atoms with Crippen LogP contribution in [0.2, 0.25) is 5.02 Å². The van der Waals surface area contributed by atoms with Crippen LogP contribution in [0, 0.1) is 12.7 Å². The second kappa shape index (κ2) is 6.43. The molecular weight excluding hydrogens is 357 g/mol. The van der Waals surface area contributed by atoms with Crippen molar-refractivity contribution < 1.29 is 4.39 Å². The number of thiophene rings is 1. The van der Waals surface area contributed by atoms with E-state index in [1.165, 1.54) is 12.4 Å². The van der Waals surface area contributed by atoms with Gasteiger partial charge in [0, 0.05) is 15.5 Å². The Hall–Kier alpha value is -2.50. The van der Waals surface area contributed by atoms with Crippen LogP contribution in [0.1, 0.15) is 4.88 Å². The zero-order valence-corrected chi connectivity index (χ0v) is 14.8. The number of hydrogen-bond donors (Lipinski definition) is 1. The number of halogens is 2. The van der Waals surface area contributed by atoms with Crippen LogP contribution in [-0.4, -0.2) is 9.97 Å². The van der Waals surface area contributed by atoms with Gasteiger partial charge in [-0.3, -0.25) is 0 Å². The van der Waals surface area contributed by atoms with E-state index in [1.54, 1.807) is 29.5 Å². The Balaban J connectivity index is 1.91. The molecule has 124 valence electrons. The second-order valence-corrected chi connectivity index (χ2v) is 7.19. The molecule has 2 heterocycles. The molecule has 4 aromatic rings. The molecule has 2 aromatic heterocycles. The lowest BCUT2D eigenvalue weighted by atomic mass is 10.0. The molecule has 0 fully saturated rings. The van der Waals surface area contributed by atoms with Crippen molar-refractivity contribution in [2.75, 3.05) is 5.32 Å². The molecule has 0 aliphatic rings. The molecular formula is C19H13ClFN3S. The summed E-state index contributed by atoms with van der Waals surface area (Å²) in [5.41, 5.74) is 2.45. The molecule has 0 bridgehead atoms. The lowest BCUT2D eigenvalue weighted by Gasteiger charge is -2.09. The van der Waals surface area contributed by atoms with Crippen molar-refractivity contribution >= 4 is 44.7 Å². The zero-order chi connectivity index (χ0) is 17.4. The van der Waals surface area contributed by atoms with Gasteiger partial charge < -0.3 is 5.32 Å². The van der Waals surface area contributed by atoms with Gasteiger partial charge in [-0.2, -0.15) is 0 Å². The molecule has 25 heavy (non-hydrogen) atoms. The van der Waals surface area contributed by atoms with Gasteiger partial charge in [0.25, 0.3) is 0 Å². The summed E-state index contributed by atoms with van der Waals surface area (Å²) < 4.78 is 14.0. The molecule has 1 N–H and O–H groups in total. The monoisotopic (exact) mass is 369 g/mol. The van der Waals surface area contributed by atoms with Gasteiger partial charge in [0.2, 0.25) is 0 Å². The quantitative estimate of drug-likeness (QED) is 0.467. The minimum atomic E-state index is -0.325. The summed E-state index contributed by atoms with van der Waals surface area (Å²) in [5, 5.41) is 4.67. The van der Waals surface area contributed by atoms with Gasteiger partial charge in [-0.15, -0.1) is 11.3 Å². The molecule has 4 rings (SSSR count). The number of benzene rings is 2. The molecule has 0 atom stereocenters. The minimum Gasteiger partial charge on any atom is -0.337 e. The van der Waals surface area contributed by atoms with Crippen LogP contribution >= 0.6 is 22.9 Å². The van der Waals surface area contributed by atoms with Gasteiger partial charge in [0.15, 0.2) is 0 Å². The summed E-state index contributed by atoms with van der Waals surface area (Å²) in [6.07, 6.45) is 1.49. The Morgan fingerprint density at radius 2 is 1.80 bits per heavy atom. The first-order valence-corrected chi connectivity index (χ1v) is 8.84. The highest BCUT2D eigenvalue weighted by Crippen LogP contribution is 2.41. The highest BCUT2D eigenvalue weighted by atomic mass is 35.5. The van der Waals surface area contributed by atoms with E-state index >= 15 is 0 Å². The molecule has 0 saturated heterocycles. The second-order valence-electron chi connectivity index (χ2n) is 5.55. The van der Waals surface area contributed by atoms with Crippen molar-refractivity contribution in [3.63, 3.8) is 0 Å². The van der Waals surface area contributed by atoms with Crippen LogP contribution < -0.4 is 5.32 Å². The lowest BCUT2D eigenvalue weighted by molar-refractivity contribution is 0.632. The first-order chi connectivity index (χ1) is 12.1. The third kappa shape index (κ3) is 2.97. The molecule has 0 unspecified atom stereocenters. The van der Waals surface area contributed by atoms with Crippen molar-refractivity contribution in [3.05, 3.63) is 70.6 Å². The molecule has 3 nitrogen and oxygen atoms in total. The molecule has 0 saturated carbocycles. The Kier molecular flexibility index (Phi) is 4.11. The van der Waals surface area contributed by atoms with Crippen LogP contribution in [0.3, 0.4) is 0 Å². The largest absolute Gasteiger partial charge is 0.337 e. The highest BCUT2D eigenvalue weighted by Gasteiger charge is 2.17. The highest BCUT2D eigenvalue weighted by molar-refractivity contribution is 7.19. The molecule has 6 heteroatoms. The van der Waals surface area contributed by atoms with Crippen molar-refractivity contribution in [1.29, 1.82) is 0 Å². The van der Waals surface area contributed by atoms with Gasteiger partial charge in [0.1, 0.15) is 22.8 Å². The van der Waals surface area contributed by atoms with Gasteiger partial charge in [0.05, 0.1) is 11.1 Å². The summed E-state index contributed by atoms with van der Waals surface area (Å²) in [6, 6.07) is 14.2. The molecule has 0 aliphatic heterocycles. The number of rotatable bonds is 3. The maximum atomic E-state index is 14.0. The van der Waals surface area contributed by atoms with E-state index in [1.807, 2.05) is 31.2 Å². The Labute approximate surface area is 153 Å². The standard InChI is InChI=1S/C19H13ClFN3S/c1-11-16(12-6-8-13(20)9-7-12)17-18(22-10-23-19(17)25-11)24-15-5-3-2-4-14(15)21/h2-10H,1H3,(H,22,23,24). The van der Waals surface area contributed by atoms with Gasteiger partial charge in [-0.1, -0.05) is 35.9 Å². The lowest BCUT2D eigenvalue weighted by Crippen LogP contribution is -1.97. The molecule has 2 aromatic carbocycles. The number of aryl methyl sites for hydroxylation is 1. The molecule has 0 spiro atoms. The summed E-state index contributed by atoms with van der Waals surface area (Å²) in [5.74, 6) is 0.263. The normalized spacial score (nSPS) is 11.0. The van der Waals surface area contributed by atoms with E-state index in [4.69, 9.17) is 11.6 Å². The average molecular weight is 370 g/mol. The predicted octanol–water partition coefficient (Wildman–Crippen LogP) is 6.20. The van der Waals surface area contributed by atoms with Crippen LogP contribution in [-0.2, 0) is 0 Å². The molecule has 0 aliphatic carbocycles. The van der Waals surface area contributed by atoms with Crippen molar-refractivity contribution in [3.8, 4) is 11.1 Å². The average Bonchev–Trinajstić information content (AvgIpc) is 2.95. The van der Waals surface area contributed by atoms with E-state index in [9.17, 15) is 4.39 Å². The summed E-state index contributed by atoms with van der Waals surface area (Å²) in [4.78, 5) is 10.7. The maximum absolute atomic E-state index is 14.0. The molecule has 0 amide bonds. The van der Waals surface area contributed by atoms with E-state index in [-0.39, 0.29) is 5.82 Å². The van der Waals surface area contributed by atoms with E-state index in [2.05, 4.69) is 15.3 Å². The number of para-hydroxylation sites is 1. The van der Waals surface area contributed by atoms with Crippen molar-refractivity contribution in [1.82, 2.24) is 9.97 Å². The van der Waals surface area contributed by atoms with Crippen molar-refractivity contribution in [2.24, 2.45) is 0 Å². The van der Waals surface area contributed by atoms with Gasteiger partial charge in [-0.25, -0.2) is 14.4 Å². The number of aromatic nitrogens is 2.